The van der Waals surface area contributed by atoms with Gasteiger partial charge < -0.3 is 9.69 Å². The molecule has 0 spiro atoms. The van der Waals surface area contributed by atoms with Crippen molar-refractivity contribution in [3.8, 4) is 0 Å². The molecule has 0 aromatic carbocycles. The van der Waals surface area contributed by atoms with E-state index in [0.29, 0.717) is 0 Å². The lowest BCUT2D eigenvalue weighted by molar-refractivity contribution is -0.106. The summed E-state index contributed by atoms with van der Waals surface area (Å²) in [5.74, 6) is 0. The van der Waals surface area contributed by atoms with Gasteiger partial charge in [-0.15, -0.1) is 0 Å². The summed E-state index contributed by atoms with van der Waals surface area (Å²) in [7, 11) is 0. The fraction of sp³-hybridized carbons (Fsp3) is 0.909. The molecule has 0 N–H and O–H groups in total. The van der Waals surface area contributed by atoms with Gasteiger partial charge in [0, 0.05) is 0 Å². The van der Waals surface area contributed by atoms with Gasteiger partial charge in [0.25, 0.3) is 0 Å². The van der Waals surface area contributed by atoms with Crippen LogP contribution < -0.4 is 0 Å². The number of carbonyl (C=O) groups is 1. The Morgan fingerprint density at radius 2 is 1.62 bits per heavy atom. The van der Waals surface area contributed by atoms with E-state index in [1.165, 1.54) is 45.8 Å². The van der Waals surface area contributed by atoms with Crippen LogP contribution in [0.5, 0.6) is 0 Å². The minimum Gasteiger partial charge on any atom is -0.304 e. The van der Waals surface area contributed by atoms with E-state index in [4.69, 9.17) is 4.79 Å². The monoisotopic (exact) mass is 187 g/mol. The third-order valence-corrected chi connectivity index (χ3v) is 1.74. The fourth-order valence-electron chi connectivity index (χ4n) is 1.32. The van der Waals surface area contributed by atoms with Crippen LogP contribution in [0.3, 0.4) is 0 Å². The van der Waals surface area contributed by atoms with E-state index in [-0.39, 0.29) is 0 Å². The maximum absolute atomic E-state index is 8.81. The second-order valence-corrected chi connectivity index (χ2v) is 2.78. The van der Waals surface area contributed by atoms with Gasteiger partial charge >= 0.3 is 0 Å². The van der Waals surface area contributed by atoms with E-state index in [0.717, 1.165) is 6.29 Å². The SMILES string of the molecule is CC.CC=O.CCCN1CCCC1. The second kappa shape index (κ2) is 14.2. The molecule has 1 aliphatic heterocycles. The van der Waals surface area contributed by atoms with Crippen molar-refractivity contribution in [1.82, 2.24) is 4.90 Å². The van der Waals surface area contributed by atoms with E-state index in [2.05, 4.69) is 11.8 Å². The Kier molecular flexibility index (Phi) is 16.5. The minimum atomic E-state index is 0.750. The molecule has 2 nitrogen and oxygen atoms in total. The standard InChI is InChI=1S/C7H15N.C2H4O.C2H6/c1-2-5-8-6-3-4-7-8;1-2-3;1-2/h2-7H2,1H3;2H,1H3;1-2H3. The van der Waals surface area contributed by atoms with Gasteiger partial charge in [-0.2, -0.15) is 0 Å². The van der Waals surface area contributed by atoms with Gasteiger partial charge in [0.1, 0.15) is 6.29 Å². The number of carbonyl (C=O) groups excluding carboxylic acids is 1. The molecular formula is C11H25NO. The van der Waals surface area contributed by atoms with Crippen molar-refractivity contribution < 1.29 is 4.79 Å². The number of nitrogens with zero attached hydrogens (tertiary/aromatic N) is 1. The van der Waals surface area contributed by atoms with Crippen LogP contribution in [0.2, 0.25) is 0 Å². The van der Waals surface area contributed by atoms with Crippen LogP contribution in [0.1, 0.15) is 47.0 Å². The predicted molar refractivity (Wildman–Crippen MR) is 59.1 cm³/mol. The zero-order valence-corrected chi connectivity index (χ0v) is 9.68. The van der Waals surface area contributed by atoms with Gasteiger partial charge in [0.05, 0.1) is 0 Å². The fourth-order valence-corrected chi connectivity index (χ4v) is 1.32. The normalized spacial score (nSPS) is 15.1. The Bertz CT molecular complexity index is 88.1. The first-order valence-corrected chi connectivity index (χ1v) is 5.47. The van der Waals surface area contributed by atoms with E-state index in [1.54, 1.807) is 0 Å². The van der Waals surface area contributed by atoms with Crippen LogP contribution in [-0.4, -0.2) is 30.8 Å². The molecule has 0 bridgehead atoms. The molecule has 0 atom stereocenters. The van der Waals surface area contributed by atoms with Crippen LogP contribution in [0.4, 0.5) is 0 Å². The molecule has 13 heavy (non-hydrogen) atoms. The molecule has 1 fully saturated rings. The summed E-state index contributed by atoms with van der Waals surface area (Å²) in [6, 6.07) is 0. The van der Waals surface area contributed by atoms with E-state index in [9.17, 15) is 0 Å². The lowest BCUT2D eigenvalue weighted by Crippen LogP contribution is -2.19. The molecule has 1 saturated heterocycles. The predicted octanol–water partition coefficient (Wildman–Crippen LogP) is 2.72. The van der Waals surface area contributed by atoms with E-state index < -0.39 is 0 Å². The molecule has 0 aromatic rings. The maximum Gasteiger partial charge on any atom is 0.116 e. The average molecular weight is 187 g/mol. The number of rotatable bonds is 2. The number of hydrogen-bond acceptors (Lipinski definition) is 2. The van der Waals surface area contributed by atoms with Crippen LogP contribution in [-0.2, 0) is 4.79 Å². The molecule has 0 aliphatic carbocycles. The van der Waals surface area contributed by atoms with Gasteiger partial charge in [-0.05, 0) is 45.8 Å². The molecule has 1 rings (SSSR count). The van der Waals surface area contributed by atoms with Gasteiger partial charge in [-0.3, -0.25) is 0 Å². The van der Waals surface area contributed by atoms with E-state index in [1.807, 2.05) is 13.8 Å². The lowest BCUT2D eigenvalue weighted by Gasteiger charge is -2.11. The molecule has 0 amide bonds. The highest BCUT2D eigenvalue weighted by Gasteiger charge is 2.08. The molecule has 1 aliphatic rings. The average Bonchev–Trinajstić information content (AvgIpc) is 2.63. The molecule has 0 saturated carbocycles. The van der Waals surface area contributed by atoms with Gasteiger partial charge in [-0.1, -0.05) is 20.8 Å². The van der Waals surface area contributed by atoms with Crippen LogP contribution in [0.15, 0.2) is 0 Å². The zero-order chi connectivity index (χ0) is 10.5. The number of hydrogen-bond donors (Lipinski definition) is 0. The van der Waals surface area contributed by atoms with Crippen molar-refractivity contribution >= 4 is 6.29 Å². The second-order valence-electron chi connectivity index (χ2n) is 2.78. The van der Waals surface area contributed by atoms with Crippen molar-refractivity contribution in [1.29, 1.82) is 0 Å². The summed E-state index contributed by atoms with van der Waals surface area (Å²) in [6.45, 7) is 11.7. The Labute approximate surface area is 83.3 Å². The first kappa shape index (κ1) is 15.1. The third-order valence-electron chi connectivity index (χ3n) is 1.74. The van der Waals surface area contributed by atoms with Crippen molar-refractivity contribution in [2.75, 3.05) is 19.6 Å². The van der Waals surface area contributed by atoms with Crippen molar-refractivity contribution in [3.63, 3.8) is 0 Å². The van der Waals surface area contributed by atoms with E-state index >= 15 is 0 Å². The summed E-state index contributed by atoms with van der Waals surface area (Å²) in [4.78, 5) is 11.3. The lowest BCUT2D eigenvalue weighted by atomic mass is 10.4. The zero-order valence-electron chi connectivity index (χ0n) is 9.68. The minimum absolute atomic E-state index is 0.750. The van der Waals surface area contributed by atoms with Gasteiger partial charge in [0.2, 0.25) is 0 Å². The van der Waals surface area contributed by atoms with Crippen LogP contribution in [0, 0.1) is 0 Å². The summed E-state index contributed by atoms with van der Waals surface area (Å²) < 4.78 is 0. The van der Waals surface area contributed by atoms with Crippen LogP contribution >= 0.6 is 0 Å². The molecule has 0 unspecified atom stereocenters. The Morgan fingerprint density at radius 1 is 1.23 bits per heavy atom. The largest absolute Gasteiger partial charge is 0.304 e. The summed E-state index contributed by atoms with van der Waals surface area (Å²) in [6.07, 6.45) is 4.93. The highest BCUT2D eigenvalue weighted by atomic mass is 16.1. The maximum atomic E-state index is 8.81. The smallest absolute Gasteiger partial charge is 0.116 e. The highest BCUT2D eigenvalue weighted by molar-refractivity contribution is 5.44. The topological polar surface area (TPSA) is 20.3 Å². The Balaban J connectivity index is 0. The Hall–Kier alpha value is -0.370. The van der Waals surface area contributed by atoms with Gasteiger partial charge in [0.15, 0.2) is 0 Å². The summed E-state index contributed by atoms with van der Waals surface area (Å²) in [5.41, 5.74) is 0. The summed E-state index contributed by atoms with van der Waals surface area (Å²) >= 11 is 0. The number of likely N-dealkylation sites (tertiary alicyclic amines) is 1. The third kappa shape index (κ3) is 11.6. The molecule has 1 heterocycles. The van der Waals surface area contributed by atoms with Crippen molar-refractivity contribution in [3.05, 3.63) is 0 Å². The first-order valence-electron chi connectivity index (χ1n) is 5.47. The highest BCUT2D eigenvalue weighted by Crippen LogP contribution is 2.06. The van der Waals surface area contributed by atoms with Crippen molar-refractivity contribution in [2.45, 2.75) is 47.0 Å². The van der Waals surface area contributed by atoms with Crippen LogP contribution in [0.25, 0.3) is 0 Å². The molecule has 0 aromatic heterocycles. The Morgan fingerprint density at radius 3 is 1.92 bits per heavy atom. The quantitative estimate of drug-likeness (QED) is 0.620. The molecule has 2 heteroatoms. The molecule has 80 valence electrons. The summed E-state index contributed by atoms with van der Waals surface area (Å²) in [5, 5.41) is 0. The first-order chi connectivity index (χ1) is 6.35. The van der Waals surface area contributed by atoms with Crippen molar-refractivity contribution in [2.24, 2.45) is 0 Å². The molecule has 0 radical (unpaired) electrons. The number of aldehydes is 1. The van der Waals surface area contributed by atoms with Gasteiger partial charge in [-0.25, -0.2) is 0 Å². The molecular weight excluding hydrogens is 162 g/mol.